The van der Waals surface area contributed by atoms with Gasteiger partial charge in [0.2, 0.25) is 11.7 Å². The molecule has 0 amide bonds. The first-order chi connectivity index (χ1) is 8.62. The van der Waals surface area contributed by atoms with Crippen LogP contribution in [0.2, 0.25) is 0 Å². The van der Waals surface area contributed by atoms with Crippen molar-refractivity contribution in [3.05, 3.63) is 17.7 Å². The van der Waals surface area contributed by atoms with Crippen LogP contribution < -0.4 is 25.7 Å². The molecule has 98 valence electrons. The molecule has 0 aliphatic rings. The second kappa shape index (κ2) is 6.33. The summed E-state index contributed by atoms with van der Waals surface area (Å²) in [6, 6.07) is 3.46. The number of hydrogen-bond acceptors (Lipinski definition) is 5. The number of nitrogens with two attached hydrogens (primary N) is 2. The Morgan fingerprint density at radius 3 is 2.00 bits per heavy atom. The van der Waals surface area contributed by atoms with Crippen LogP contribution in [0, 0.1) is 0 Å². The lowest BCUT2D eigenvalue weighted by Gasteiger charge is -2.12. The van der Waals surface area contributed by atoms with E-state index >= 15 is 0 Å². The molecule has 0 saturated heterocycles. The normalized spacial score (nSPS) is 10.2. The van der Waals surface area contributed by atoms with Gasteiger partial charge in [-0.25, -0.2) is 0 Å². The molecule has 1 aromatic carbocycles. The van der Waals surface area contributed by atoms with E-state index in [0.717, 1.165) is 5.56 Å². The van der Waals surface area contributed by atoms with Crippen molar-refractivity contribution >= 4 is 12.2 Å². The Labute approximate surface area is 105 Å². The third-order valence-electron chi connectivity index (χ3n) is 2.07. The lowest BCUT2D eigenvalue weighted by molar-refractivity contribution is 0.324. The van der Waals surface area contributed by atoms with Crippen LogP contribution in [0.4, 0.5) is 0 Å². The van der Waals surface area contributed by atoms with Crippen LogP contribution in [0.5, 0.6) is 17.2 Å². The smallest absolute Gasteiger partial charge is 0.211 e. The summed E-state index contributed by atoms with van der Waals surface area (Å²) >= 11 is 0. The van der Waals surface area contributed by atoms with Crippen LogP contribution >= 0.6 is 0 Å². The fraction of sp³-hybridized carbons (Fsp3) is 0.273. The molecule has 1 aromatic rings. The maximum Gasteiger partial charge on any atom is 0.211 e. The topological polar surface area (TPSA) is 104 Å². The van der Waals surface area contributed by atoms with Crippen LogP contribution in [0.15, 0.2) is 22.3 Å². The van der Waals surface area contributed by atoms with Crippen LogP contribution in [0.1, 0.15) is 5.56 Å². The first-order valence-electron chi connectivity index (χ1n) is 5.04. The van der Waals surface area contributed by atoms with E-state index in [-0.39, 0.29) is 5.96 Å². The molecule has 4 N–H and O–H groups in total. The maximum absolute atomic E-state index is 5.19. The van der Waals surface area contributed by atoms with Gasteiger partial charge in [-0.3, -0.25) is 0 Å². The Bertz CT molecular complexity index is 442. The van der Waals surface area contributed by atoms with Crippen molar-refractivity contribution in [2.75, 3.05) is 21.3 Å². The van der Waals surface area contributed by atoms with Gasteiger partial charge >= 0.3 is 0 Å². The zero-order chi connectivity index (χ0) is 13.5. The van der Waals surface area contributed by atoms with E-state index in [4.69, 9.17) is 25.7 Å². The summed E-state index contributed by atoms with van der Waals surface area (Å²) in [5.41, 5.74) is 11.0. The Kier molecular flexibility index (Phi) is 4.79. The van der Waals surface area contributed by atoms with Gasteiger partial charge in [0.1, 0.15) is 0 Å². The van der Waals surface area contributed by atoms with Gasteiger partial charge in [-0.2, -0.15) is 5.10 Å². The average Bonchev–Trinajstić information content (AvgIpc) is 2.36. The zero-order valence-electron chi connectivity index (χ0n) is 10.5. The minimum atomic E-state index is -0.112. The minimum absolute atomic E-state index is 0.112. The fourth-order valence-corrected chi connectivity index (χ4v) is 1.34. The van der Waals surface area contributed by atoms with Gasteiger partial charge in [-0.15, -0.1) is 5.10 Å². The predicted octanol–water partition coefficient (Wildman–Crippen LogP) is 0.320. The molecule has 0 aliphatic heterocycles. The van der Waals surface area contributed by atoms with E-state index in [9.17, 15) is 0 Å². The predicted molar refractivity (Wildman–Crippen MR) is 69.5 cm³/mol. The minimum Gasteiger partial charge on any atom is -0.493 e. The number of methoxy groups -OCH3 is 3. The van der Waals surface area contributed by atoms with Crippen LogP contribution in [0.25, 0.3) is 0 Å². The molecule has 7 heteroatoms. The van der Waals surface area contributed by atoms with Gasteiger partial charge in [-0.1, -0.05) is 0 Å². The first kappa shape index (κ1) is 13.6. The molecule has 0 aliphatic carbocycles. The molecule has 0 unspecified atom stereocenters. The van der Waals surface area contributed by atoms with Crippen molar-refractivity contribution < 1.29 is 14.2 Å². The van der Waals surface area contributed by atoms with E-state index in [0.29, 0.717) is 17.2 Å². The van der Waals surface area contributed by atoms with Gasteiger partial charge in [0.15, 0.2) is 11.5 Å². The van der Waals surface area contributed by atoms with Gasteiger partial charge < -0.3 is 25.7 Å². The Balaban J connectivity index is 3.15. The van der Waals surface area contributed by atoms with E-state index in [1.54, 1.807) is 12.1 Å². The molecular formula is C11H16N4O3. The Hall–Kier alpha value is -2.44. The molecule has 0 aromatic heterocycles. The molecule has 18 heavy (non-hydrogen) atoms. The zero-order valence-corrected chi connectivity index (χ0v) is 10.5. The summed E-state index contributed by atoms with van der Waals surface area (Å²) in [6.45, 7) is 0. The highest BCUT2D eigenvalue weighted by atomic mass is 16.5. The van der Waals surface area contributed by atoms with Crippen molar-refractivity contribution in [1.29, 1.82) is 0 Å². The van der Waals surface area contributed by atoms with Crippen LogP contribution in [-0.2, 0) is 0 Å². The number of rotatable bonds is 5. The standard InChI is InChI=1S/C11H16N4O3/c1-16-8-4-7(6-14-15-11(12)13)5-9(17-2)10(8)18-3/h4-6H,1-3H3,(H4,12,13,15)/b14-6+. The summed E-state index contributed by atoms with van der Waals surface area (Å²) in [4.78, 5) is 0. The van der Waals surface area contributed by atoms with E-state index in [1.165, 1.54) is 27.5 Å². The quantitative estimate of drug-likeness (QED) is 0.446. The molecule has 0 spiro atoms. The van der Waals surface area contributed by atoms with Gasteiger partial charge in [0.25, 0.3) is 0 Å². The van der Waals surface area contributed by atoms with Crippen molar-refractivity contribution in [1.82, 2.24) is 0 Å². The van der Waals surface area contributed by atoms with Crippen LogP contribution in [0.3, 0.4) is 0 Å². The molecule has 0 heterocycles. The summed E-state index contributed by atoms with van der Waals surface area (Å²) in [5.74, 6) is 1.46. The molecule has 1 rings (SSSR count). The molecule has 7 nitrogen and oxygen atoms in total. The molecule has 0 fully saturated rings. The van der Waals surface area contributed by atoms with Crippen LogP contribution in [-0.4, -0.2) is 33.5 Å². The first-order valence-corrected chi connectivity index (χ1v) is 5.04. The summed E-state index contributed by atoms with van der Waals surface area (Å²) in [5, 5.41) is 7.21. The Morgan fingerprint density at radius 2 is 1.61 bits per heavy atom. The highest BCUT2D eigenvalue weighted by Crippen LogP contribution is 2.37. The summed E-state index contributed by atoms with van der Waals surface area (Å²) in [6.07, 6.45) is 1.48. The second-order valence-electron chi connectivity index (χ2n) is 3.23. The summed E-state index contributed by atoms with van der Waals surface area (Å²) in [7, 11) is 4.61. The van der Waals surface area contributed by atoms with E-state index < -0.39 is 0 Å². The third kappa shape index (κ3) is 3.27. The largest absolute Gasteiger partial charge is 0.493 e. The number of ether oxygens (including phenoxy) is 3. The fourth-order valence-electron chi connectivity index (χ4n) is 1.34. The maximum atomic E-state index is 5.19. The van der Waals surface area contributed by atoms with E-state index in [2.05, 4.69) is 10.2 Å². The van der Waals surface area contributed by atoms with E-state index in [1.807, 2.05) is 0 Å². The Morgan fingerprint density at radius 1 is 1.06 bits per heavy atom. The van der Waals surface area contributed by atoms with Crippen molar-refractivity contribution in [3.63, 3.8) is 0 Å². The van der Waals surface area contributed by atoms with Crippen molar-refractivity contribution in [2.45, 2.75) is 0 Å². The molecular weight excluding hydrogens is 236 g/mol. The molecule has 0 radical (unpaired) electrons. The average molecular weight is 252 g/mol. The highest BCUT2D eigenvalue weighted by Gasteiger charge is 2.12. The molecule has 0 saturated carbocycles. The number of guanidine groups is 1. The lowest BCUT2D eigenvalue weighted by Crippen LogP contribution is -2.21. The highest BCUT2D eigenvalue weighted by molar-refractivity contribution is 5.83. The second-order valence-corrected chi connectivity index (χ2v) is 3.23. The SMILES string of the molecule is COc1cc(/C=N/N=C(N)N)cc(OC)c1OC. The monoisotopic (exact) mass is 252 g/mol. The van der Waals surface area contributed by atoms with Crippen molar-refractivity contribution in [2.24, 2.45) is 21.7 Å². The lowest BCUT2D eigenvalue weighted by atomic mass is 10.2. The third-order valence-corrected chi connectivity index (χ3v) is 2.07. The van der Waals surface area contributed by atoms with Gasteiger partial charge in [0, 0.05) is 5.56 Å². The van der Waals surface area contributed by atoms with Gasteiger partial charge in [0.05, 0.1) is 27.5 Å². The molecule has 0 bridgehead atoms. The summed E-state index contributed by atoms with van der Waals surface area (Å²) < 4.78 is 15.6. The van der Waals surface area contributed by atoms with Gasteiger partial charge in [-0.05, 0) is 12.1 Å². The molecule has 0 atom stereocenters. The van der Waals surface area contributed by atoms with Crippen molar-refractivity contribution in [3.8, 4) is 17.2 Å². The number of benzene rings is 1. The number of nitrogens with zero attached hydrogens (tertiary/aromatic N) is 2. The number of hydrogen-bond donors (Lipinski definition) is 2.